The molecule has 1 unspecified atom stereocenters. The fourth-order valence-electron chi connectivity index (χ4n) is 2.17. The largest absolute Gasteiger partial charge is 0.395 e. The summed E-state index contributed by atoms with van der Waals surface area (Å²) in [5.74, 6) is 0. The van der Waals surface area contributed by atoms with Gasteiger partial charge in [0.15, 0.2) is 0 Å². The van der Waals surface area contributed by atoms with E-state index < -0.39 is 0 Å². The van der Waals surface area contributed by atoms with E-state index in [2.05, 4.69) is 37.0 Å². The zero-order chi connectivity index (χ0) is 13.0. The van der Waals surface area contributed by atoms with E-state index in [0.717, 1.165) is 17.7 Å². The molecule has 0 saturated carbocycles. The Hall–Kier alpha value is -1.67. The maximum absolute atomic E-state index is 9.76. The average molecular weight is 241 g/mol. The minimum absolute atomic E-state index is 0.118. The Balaban J connectivity index is 2.31. The van der Waals surface area contributed by atoms with Crippen LogP contribution in [0.2, 0.25) is 0 Å². The summed E-state index contributed by atoms with van der Waals surface area (Å²) in [6.07, 6.45) is 2.54. The van der Waals surface area contributed by atoms with Gasteiger partial charge in [0.05, 0.1) is 6.61 Å². The number of aliphatic hydroxyl groups excluding tert-OH is 1. The first-order valence-corrected chi connectivity index (χ1v) is 6.22. The van der Waals surface area contributed by atoms with Crippen molar-refractivity contribution in [2.45, 2.75) is 25.7 Å². The molecule has 0 aliphatic carbocycles. The van der Waals surface area contributed by atoms with Crippen LogP contribution in [0.15, 0.2) is 48.7 Å². The van der Waals surface area contributed by atoms with Gasteiger partial charge in [-0.3, -0.25) is 4.98 Å². The standard InChI is InChI=1S/C16H19NO/c1-13-6-5-7-14(10-13)16(2,12-18)11-15-8-3-4-9-17-15/h3-10,18H,11-12H2,1-2H3. The Bertz CT molecular complexity index is 510. The molecule has 0 aliphatic heterocycles. The summed E-state index contributed by atoms with van der Waals surface area (Å²) in [6, 6.07) is 14.2. The van der Waals surface area contributed by atoms with Gasteiger partial charge in [0.2, 0.25) is 0 Å². The third-order valence-corrected chi connectivity index (χ3v) is 3.36. The van der Waals surface area contributed by atoms with Crippen LogP contribution in [0.25, 0.3) is 0 Å². The smallest absolute Gasteiger partial charge is 0.0529 e. The topological polar surface area (TPSA) is 33.1 Å². The Morgan fingerprint density at radius 1 is 1.17 bits per heavy atom. The number of pyridine rings is 1. The second kappa shape index (κ2) is 5.32. The molecule has 0 spiro atoms. The van der Waals surface area contributed by atoms with Crippen molar-refractivity contribution in [3.63, 3.8) is 0 Å². The summed E-state index contributed by atoms with van der Waals surface area (Å²) >= 11 is 0. The number of nitrogens with zero attached hydrogens (tertiary/aromatic N) is 1. The van der Waals surface area contributed by atoms with Gasteiger partial charge < -0.3 is 5.11 Å². The highest BCUT2D eigenvalue weighted by Crippen LogP contribution is 2.27. The van der Waals surface area contributed by atoms with Crippen molar-refractivity contribution >= 4 is 0 Å². The minimum Gasteiger partial charge on any atom is -0.395 e. The molecule has 0 bridgehead atoms. The van der Waals surface area contributed by atoms with E-state index in [4.69, 9.17) is 0 Å². The highest BCUT2D eigenvalue weighted by atomic mass is 16.3. The summed E-state index contributed by atoms with van der Waals surface area (Å²) in [7, 11) is 0. The van der Waals surface area contributed by atoms with Gasteiger partial charge in [-0.25, -0.2) is 0 Å². The van der Waals surface area contributed by atoms with Gasteiger partial charge in [0.1, 0.15) is 0 Å². The van der Waals surface area contributed by atoms with Gasteiger partial charge >= 0.3 is 0 Å². The van der Waals surface area contributed by atoms with Crippen LogP contribution in [0.4, 0.5) is 0 Å². The van der Waals surface area contributed by atoms with E-state index in [1.165, 1.54) is 5.56 Å². The lowest BCUT2D eigenvalue weighted by atomic mass is 9.78. The van der Waals surface area contributed by atoms with Crippen molar-refractivity contribution in [3.8, 4) is 0 Å². The lowest BCUT2D eigenvalue weighted by molar-refractivity contribution is 0.204. The number of aliphatic hydroxyl groups is 1. The molecule has 1 N–H and O–H groups in total. The van der Waals surface area contributed by atoms with Crippen LogP contribution in [0.3, 0.4) is 0 Å². The third kappa shape index (κ3) is 2.77. The first kappa shape index (κ1) is 12.8. The van der Waals surface area contributed by atoms with Crippen molar-refractivity contribution in [2.24, 2.45) is 0 Å². The SMILES string of the molecule is Cc1cccc(C(C)(CO)Cc2ccccn2)c1. The van der Waals surface area contributed by atoms with E-state index in [1.54, 1.807) is 6.20 Å². The van der Waals surface area contributed by atoms with E-state index in [0.29, 0.717) is 0 Å². The highest BCUT2D eigenvalue weighted by molar-refractivity contribution is 5.30. The van der Waals surface area contributed by atoms with Gasteiger partial charge in [-0.15, -0.1) is 0 Å². The van der Waals surface area contributed by atoms with E-state index in [-0.39, 0.29) is 12.0 Å². The number of aryl methyl sites for hydroxylation is 1. The Labute approximate surface area is 108 Å². The van der Waals surface area contributed by atoms with Crippen molar-refractivity contribution in [1.29, 1.82) is 0 Å². The molecule has 1 atom stereocenters. The maximum atomic E-state index is 9.76. The van der Waals surface area contributed by atoms with E-state index >= 15 is 0 Å². The number of benzene rings is 1. The lowest BCUT2D eigenvalue weighted by Crippen LogP contribution is -2.30. The van der Waals surface area contributed by atoms with Crippen molar-refractivity contribution in [1.82, 2.24) is 4.98 Å². The van der Waals surface area contributed by atoms with Gasteiger partial charge in [0.25, 0.3) is 0 Å². The molecule has 1 aromatic heterocycles. The molecule has 0 saturated heterocycles. The average Bonchev–Trinajstić information content (AvgIpc) is 2.40. The molecule has 0 amide bonds. The number of hydrogen-bond donors (Lipinski definition) is 1. The highest BCUT2D eigenvalue weighted by Gasteiger charge is 2.26. The number of aromatic nitrogens is 1. The first-order chi connectivity index (χ1) is 8.64. The molecule has 2 nitrogen and oxygen atoms in total. The Kier molecular flexibility index (Phi) is 3.78. The van der Waals surface area contributed by atoms with Crippen LogP contribution in [-0.2, 0) is 11.8 Å². The Morgan fingerprint density at radius 2 is 2.00 bits per heavy atom. The quantitative estimate of drug-likeness (QED) is 0.893. The van der Waals surface area contributed by atoms with Crippen LogP contribution >= 0.6 is 0 Å². The molecule has 0 radical (unpaired) electrons. The number of hydrogen-bond acceptors (Lipinski definition) is 2. The third-order valence-electron chi connectivity index (χ3n) is 3.36. The van der Waals surface area contributed by atoms with Crippen molar-refractivity contribution in [3.05, 3.63) is 65.5 Å². The predicted octanol–water partition coefficient (Wildman–Crippen LogP) is 2.88. The monoisotopic (exact) mass is 241 g/mol. The Morgan fingerprint density at radius 3 is 2.61 bits per heavy atom. The van der Waals surface area contributed by atoms with Gasteiger partial charge in [-0.2, -0.15) is 0 Å². The zero-order valence-electron chi connectivity index (χ0n) is 10.9. The van der Waals surface area contributed by atoms with Crippen LogP contribution in [-0.4, -0.2) is 16.7 Å². The minimum atomic E-state index is -0.277. The summed E-state index contributed by atoms with van der Waals surface area (Å²) in [5.41, 5.74) is 3.11. The van der Waals surface area contributed by atoms with Crippen LogP contribution in [0, 0.1) is 6.92 Å². The normalized spacial score (nSPS) is 14.2. The predicted molar refractivity (Wildman–Crippen MR) is 73.6 cm³/mol. The fraction of sp³-hybridized carbons (Fsp3) is 0.312. The molecule has 2 rings (SSSR count). The van der Waals surface area contributed by atoms with Gasteiger partial charge in [-0.05, 0) is 24.6 Å². The fourth-order valence-corrected chi connectivity index (χ4v) is 2.17. The van der Waals surface area contributed by atoms with Crippen LogP contribution < -0.4 is 0 Å². The van der Waals surface area contributed by atoms with Crippen molar-refractivity contribution < 1.29 is 5.11 Å². The zero-order valence-corrected chi connectivity index (χ0v) is 10.9. The maximum Gasteiger partial charge on any atom is 0.0529 e. The molecular weight excluding hydrogens is 222 g/mol. The number of rotatable bonds is 4. The second-order valence-corrected chi connectivity index (χ2v) is 5.09. The summed E-state index contributed by atoms with van der Waals surface area (Å²) in [4.78, 5) is 4.35. The molecule has 2 heteroatoms. The summed E-state index contributed by atoms with van der Waals surface area (Å²) in [5, 5.41) is 9.76. The van der Waals surface area contributed by atoms with Crippen LogP contribution in [0.5, 0.6) is 0 Å². The van der Waals surface area contributed by atoms with Crippen molar-refractivity contribution in [2.75, 3.05) is 6.61 Å². The molecule has 0 fully saturated rings. The van der Waals surface area contributed by atoms with Crippen LogP contribution in [0.1, 0.15) is 23.7 Å². The first-order valence-electron chi connectivity index (χ1n) is 6.22. The summed E-state index contributed by atoms with van der Waals surface area (Å²) < 4.78 is 0. The second-order valence-electron chi connectivity index (χ2n) is 5.09. The van der Waals surface area contributed by atoms with Gasteiger partial charge in [-0.1, -0.05) is 42.8 Å². The molecule has 2 aromatic rings. The van der Waals surface area contributed by atoms with E-state index in [1.807, 2.05) is 24.3 Å². The molecule has 94 valence electrons. The lowest BCUT2D eigenvalue weighted by Gasteiger charge is -2.28. The summed E-state index contributed by atoms with van der Waals surface area (Å²) in [6.45, 7) is 4.27. The van der Waals surface area contributed by atoms with Gasteiger partial charge in [0, 0.05) is 23.7 Å². The molecule has 1 heterocycles. The molecule has 18 heavy (non-hydrogen) atoms. The molecule has 0 aliphatic rings. The molecule has 1 aromatic carbocycles. The molecular formula is C16H19NO. The van der Waals surface area contributed by atoms with E-state index in [9.17, 15) is 5.11 Å².